The van der Waals surface area contributed by atoms with Crippen LogP contribution in [0.2, 0.25) is 5.02 Å². The van der Waals surface area contributed by atoms with E-state index < -0.39 is 6.10 Å². The zero-order chi connectivity index (χ0) is 17.2. The molecule has 0 saturated heterocycles. The minimum absolute atomic E-state index is 0.633. The summed E-state index contributed by atoms with van der Waals surface area (Å²) in [6, 6.07) is 13.0. The number of H-pyrrole nitrogens is 1. The maximum atomic E-state index is 10.9. The van der Waals surface area contributed by atoms with Crippen LogP contribution in [0.15, 0.2) is 61.2 Å². The first kappa shape index (κ1) is 16.0. The maximum absolute atomic E-state index is 10.9. The van der Waals surface area contributed by atoms with Crippen molar-refractivity contribution in [1.82, 2.24) is 20.2 Å². The number of nitrogens with zero attached hydrogens (tertiary/aromatic N) is 3. The molecule has 0 aliphatic heterocycles. The standard InChI is InChI=1S/C18H13ClN4OS/c19-13-3-1-12(2-4-13)16(24)14-9-15(11-5-7-20-8-6-11)25-17(14)18-21-10-22-23-18/h1-10,16,24H,(H,21,22,23). The van der Waals surface area contributed by atoms with Gasteiger partial charge in [-0.05, 0) is 41.5 Å². The molecule has 3 aromatic heterocycles. The highest BCUT2D eigenvalue weighted by atomic mass is 35.5. The lowest BCUT2D eigenvalue weighted by molar-refractivity contribution is 0.221. The summed E-state index contributed by atoms with van der Waals surface area (Å²) >= 11 is 7.50. The molecule has 0 aliphatic rings. The average molecular weight is 369 g/mol. The van der Waals surface area contributed by atoms with Gasteiger partial charge in [-0.25, -0.2) is 4.98 Å². The van der Waals surface area contributed by atoms with E-state index in [2.05, 4.69) is 20.2 Å². The Bertz CT molecular complexity index is 968. The predicted molar refractivity (Wildman–Crippen MR) is 98.4 cm³/mol. The van der Waals surface area contributed by atoms with Crippen molar-refractivity contribution in [3.63, 3.8) is 0 Å². The van der Waals surface area contributed by atoms with Gasteiger partial charge in [-0.1, -0.05) is 23.7 Å². The summed E-state index contributed by atoms with van der Waals surface area (Å²) in [5.74, 6) is 0.633. The summed E-state index contributed by atoms with van der Waals surface area (Å²) in [7, 11) is 0. The number of nitrogens with one attached hydrogen (secondary N) is 1. The largest absolute Gasteiger partial charge is 0.384 e. The second-order valence-electron chi connectivity index (χ2n) is 5.42. The van der Waals surface area contributed by atoms with Crippen LogP contribution in [-0.4, -0.2) is 25.3 Å². The fourth-order valence-electron chi connectivity index (χ4n) is 2.59. The van der Waals surface area contributed by atoms with Crippen molar-refractivity contribution in [2.24, 2.45) is 0 Å². The Hall–Kier alpha value is -2.54. The van der Waals surface area contributed by atoms with Crippen LogP contribution >= 0.6 is 22.9 Å². The number of aliphatic hydroxyl groups is 1. The second-order valence-corrected chi connectivity index (χ2v) is 6.91. The van der Waals surface area contributed by atoms with Gasteiger partial charge in [-0.2, -0.15) is 5.10 Å². The van der Waals surface area contributed by atoms with Gasteiger partial charge in [-0.15, -0.1) is 11.3 Å². The van der Waals surface area contributed by atoms with E-state index in [1.165, 1.54) is 6.33 Å². The molecule has 0 bridgehead atoms. The number of pyridine rings is 1. The van der Waals surface area contributed by atoms with Crippen LogP contribution in [0.4, 0.5) is 0 Å². The quantitative estimate of drug-likeness (QED) is 0.562. The highest BCUT2D eigenvalue weighted by Crippen LogP contribution is 2.41. The Morgan fingerprint density at radius 1 is 1.08 bits per heavy atom. The monoisotopic (exact) mass is 368 g/mol. The van der Waals surface area contributed by atoms with Crippen molar-refractivity contribution < 1.29 is 5.11 Å². The normalized spacial score (nSPS) is 12.2. The lowest BCUT2D eigenvalue weighted by Gasteiger charge is -2.11. The number of benzene rings is 1. The van der Waals surface area contributed by atoms with Crippen molar-refractivity contribution in [3.05, 3.63) is 77.3 Å². The van der Waals surface area contributed by atoms with Gasteiger partial charge in [0.05, 0.1) is 4.88 Å². The molecule has 1 atom stereocenters. The predicted octanol–water partition coefficient (Wildman–Crippen LogP) is 4.33. The van der Waals surface area contributed by atoms with E-state index in [0.717, 1.165) is 26.4 Å². The van der Waals surface area contributed by atoms with Crippen molar-refractivity contribution >= 4 is 22.9 Å². The molecule has 0 saturated carbocycles. The minimum Gasteiger partial charge on any atom is -0.384 e. The van der Waals surface area contributed by atoms with Crippen LogP contribution in [0.1, 0.15) is 17.2 Å². The molecule has 4 rings (SSSR count). The highest BCUT2D eigenvalue weighted by Gasteiger charge is 2.21. The lowest BCUT2D eigenvalue weighted by atomic mass is 10.0. The summed E-state index contributed by atoms with van der Waals surface area (Å²) in [6.07, 6.45) is 4.17. The summed E-state index contributed by atoms with van der Waals surface area (Å²) in [4.78, 5) is 10.2. The molecule has 0 spiro atoms. The number of aliphatic hydroxyl groups excluding tert-OH is 1. The molecule has 3 heterocycles. The van der Waals surface area contributed by atoms with Gasteiger partial charge < -0.3 is 5.11 Å². The Kier molecular flexibility index (Phi) is 4.31. The third-order valence-electron chi connectivity index (χ3n) is 3.84. The summed E-state index contributed by atoms with van der Waals surface area (Å²) < 4.78 is 0. The van der Waals surface area contributed by atoms with E-state index >= 15 is 0 Å². The van der Waals surface area contributed by atoms with E-state index in [1.807, 2.05) is 30.3 Å². The summed E-state index contributed by atoms with van der Waals surface area (Å²) in [5, 5.41) is 18.4. The number of thiophene rings is 1. The van der Waals surface area contributed by atoms with Gasteiger partial charge in [0.2, 0.25) is 0 Å². The van der Waals surface area contributed by atoms with E-state index in [4.69, 9.17) is 11.6 Å². The van der Waals surface area contributed by atoms with Crippen LogP contribution in [0, 0.1) is 0 Å². The van der Waals surface area contributed by atoms with E-state index in [-0.39, 0.29) is 0 Å². The molecule has 4 aromatic rings. The van der Waals surface area contributed by atoms with Gasteiger partial charge >= 0.3 is 0 Å². The Morgan fingerprint density at radius 2 is 1.84 bits per heavy atom. The third-order valence-corrected chi connectivity index (χ3v) is 5.29. The molecule has 2 N–H and O–H groups in total. The van der Waals surface area contributed by atoms with Crippen molar-refractivity contribution in [3.8, 4) is 21.1 Å². The van der Waals surface area contributed by atoms with Gasteiger partial charge in [0.1, 0.15) is 12.4 Å². The smallest absolute Gasteiger partial charge is 0.165 e. The number of aromatic amines is 1. The molecular weight excluding hydrogens is 356 g/mol. The fourth-order valence-corrected chi connectivity index (χ4v) is 3.86. The molecule has 0 amide bonds. The second kappa shape index (κ2) is 6.76. The topological polar surface area (TPSA) is 74.7 Å². The summed E-state index contributed by atoms with van der Waals surface area (Å²) in [5.41, 5.74) is 2.58. The number of rotatable bonds is 4. The Morgan fingerprint density at radius 3 is 2.52 bits per heavy atom. The number of hydrogen-bond donors (Lipinski definition) is 2. The molecular formula is C18H13ClN4OS. The van der Waals surface area contributed by atoms with Gasteiger partial charge in [0.15, 0.2) is 5.82 Å². The molecule has 0 fully saturated rings. The first-order valence-electron chi connectivity index (χ1n) is 7.56. The Labute approximate surface area is 153 Å². The summed E-state index contributed by atoms with van der Waals surface area (Å²) in [6.45, 7) is 0. The molecule has 0 radical (unpaired) electrons. The molecule has 25 heavy (non-hydrogen) atoms. The molecule has 1 aromatic carbocycles. The zero-order valence-electron chi connectivity index (χ0n) is 12.9. The number of aromatic nitrogens is 4. The number of hydrogen-bond acceptors (Lipinski definition) is 5. The van der Waals surface area contributed by atoms with Crippen LogP contribution in [-0.2, 0) is 0 Å². The third kappa shape index (κ3) is 3.19. The lowest BCUT2D eigenvalue weighted by Crippen LogP contribution is -2.00. The minimum atomic E-state index is -0.788. The van der Waals surface area contributed by atoms with E-state index in [9.17, 15) is 5.11 Å². The van der Waals surface area contributed by atoms with Crippen LogP contribution < -0.4 is 0 Å². The van der Waals surface area contributed by atoms with Gasteiger partial charge in [-0.3, -0.25) is 10.1 Å². The van der Waals surface area contributed by atoms with Gasteiger partial charge in [0.25, 0.3) is 0 Å². The van der Waals surface area contributed by atoms with Crippen molar-refractivity contribution in [2.45, 2.75) is 6.10 Å². The van der Waals surface area contributed by atoms with Crippen LogP contribution in [0.3, 0.4) is 0 Å². The highest BCUT2D eigenvalue weighted by molar-refractivity contribution is 7.19. The maximum Gasteiger partial charge on any atom is 0.165 e. The first-order chi connectivity index (χ1) is 12.2. The average Bonchev–Trinajstić information content (AvgIpc) is 3.32. The van der Waals surface area contributed by atoms with Crippen LogP contribution in [0.25, 0.3) is 21.1 Å². The molecule has 5 nitrogen and oxygen atoms in total. The number of halogens is 1. The molecule has 124 valence electrons. The zero-order valence-corrected chi connectivity index (χ0v) is 14.5. The van der Waals surface area contributed by atoms with Gasteiger partial charge in [0, 0.05) is 27.9 Å². The molecule has 7 heteroatoms. The first-order valence-corrected chi connectivity index (χ1v) is 8.75. The molecule has 1 unspecified atom stereocenters. The van der Waals surface area contributed by atoms with E-state index in [1.54, 1.807) is 35.9 Å². The fraction of sp³-hybridized carbons (Fsp3) is 0.0556. The van der Waals surface area contributed by atoms with Crippen LogP contribution in [0.5, 0.6) is 0 Å². The Balaban J connectivity index is 1.82. The SMILES string of the molecule is OC(c1ccc(Cl)cc1)c1cc(-c2ccncc2)sc1-c1ncn[nH]1. The van der Waals surface area contributed by atoms with Crippen molar-refractivity contribution in [2.75, 3.05) is 0 Å². The molecule has 0 aliphatic carbocycles. The van der Waals surface area contributed by atoms with Crippen molar-refractivity contribution in [1.29, 1.82) is 0 Å². The van der Waals surface area contributed by atoms with E-state index in [0.29, 0.717) is 10.8 Å².